The second-order valence-electron chi connectivity index (χ2n) is 6.54. The van der Waals surface area contributed by atoms with Crippen molar-refractivity contribution >= 4 is 16.8 Å². The number of nitrogens with one attached hydrogen (secondary N) is 1. The maximum absolute atomic E-state index is 13.8. The molecule has 1 aromatic carbocycles. The van der Waals surface area contributed by atoms with Gasteiger partial charge in [0.1, 0.15) is 11.3 Å². The van der Waals surface area contributed by atoms with Crippen molar-refractivity contribution in [1.82, 2.24) is 14.9 Å². The average Bonchev–Trinajstić information content (AvgIpc) is 2.68. The van der Waals surface area contributed by atoms with Gasteiger partial charge in [0.2, 0.25) is 0 Å². The minimum Gasteiger partial charge on any atom is -0.339 e. The minimum atomic E-state index is -0.494. The highest BCUT2D eigenvalue weighted by atomic mass is 19.1. The van der Waals surface area contributed by atoms with Gasteiger partial charge < -0.3 is 9.88 Å². The summed E-state index contributed by atoms with van der Waals surface area (Å²) >= 11 is 0. The Morgan fingerprint density at radius 3 is 2.69 bits per heavy atom. The molecule has 3 heterocycles. The van der Waals surface area contributed by atoms with E-state index in [1.165, 1.54) is 12.1 Å². The summed E-state index contributed by atoms with van der Waals surface area (Å²) in [5.74, 6) is -0.610. The van der Waals surface area contributed by atoms with Crippen LogP contribution < -0.4 is 5.56 Å². The van der Waals surface area contributed by atoms with Crippen LogP contribution in [0.2, 0.25) is 0 Å². The van der Waals surface area contributed by atoms with Gasteiger partial charge in [0.15, 0.2) is 0 Å². The Balaban J connectivity index is 1.51. The monoisotopic (exact) mass is 351 g/mol. The predicted octanol–water partition coefficient (Wildman–Crippen LogP) is 3.08. The fourth-order valence-corrected chi connectivity index (χ4v) is 3.54. The summed E-state index contributed by atoms with van der Waals surface area (Å²) in [6.07, 6.45) is 3.05. The SMILES string of the molecule is O=C(c1ccccc1F)N1CCC(c2cc3cccnc3c(=O)[nH]2)CC1. The number of likely N-dealkylation sites (tertiary alicyclic amines) is 1. The zero-order valence-corrected chi connectivity index (χ0v) is 14.1. The zero-order valence-electron chi connectivity index (χ0n) is 14.1. The van der Waals surface area contributed by atoms with Crippen molar-refractivity contribution in [3.8, 4) is 0 Å². The van der Waals surface area contributed by atoms with Gasteiger partial charge in [0, 0.05) is 36.3 Å². The number of aromatic nitrogens is 2. The molecule has 0 saturated carbocycles. The molecule has 0 bridgehead atoms. The number of pyridine rings is 2. The van der Waals surface area contributed by atoms with Crippen LogP contribution in [0.5, 0.6) is 0 Å². The molecule has 132 valence electrons. The largest absolute Gasteiger partial charge is 0.339 e. The Labute approximate surface area is 149 Å². The molecule has 0 aliphatic carbocycles. The fraction of sp³-hybridized carbons (Fsp3) is 0.250. The first-order valence-electron chi connectivity index (χ1n) is 8.65. The van der Waals surface area contributed by atoms with Crippen molar-refractivity contribution in [2.24, 2.45) is 0 Å². The molecule has 26 heavy (non-hydrogen) atoms. The molecule has 1 fully saturated rings. The summed E-state index contributed by atoms with van der Waals surface area (Å²) in [6.45, 7) is 1.07. The summed E-state index contributed by atoms with van der Waals surface area (Å²) < 4.78 is 13.8. The Morgan fingerprint density at radius 1 is 1.15 bits per heavy atom. The number of carbonyl (C=O) groups is 1. The van der Waals surface area contributed by atoms with Gasteiger partial charge in [-0.25, -0.2) is 4.39 Å². The van der Waals surface area contributed by atoms with E-state index in [2.05, 4.69) is 9.97 Å². The molecule has 1 aliphatic heterocycles. The molecular weight excluding hydrogens is 333 g/mol. The number of hydrogen-bond donors (Lipinski definition) is 1. The van der Waals surface area contributed by atoms with Crippen molar-refractivity contribution in [3.63, 3.8) is 0 Å². The Bertz CT molecular complexity index is 1020. The van der Waals surface area contributed by atoms with E-state index in [0.717, 1.165) is 23.9 Å². The third kappa shape index (κ3) is 2.98. The van der Waals surface area contributed by atoms with Gasteiger partial charge in [0.05, 0.1) is 5.56 Å². The lowest BCUT2D eigenvalue weighted by atomic mass is 9.92. The molecule has 1 saturated heterocycles. The Hall–Kier alpha value is -3.02. The third-order valence-corrected chi connectivity index (χ3v) is 4.95. The van der Waals surface area contributed by atoms with Crippen LogP contribution in [0, 0.1) is 5.82 Å². The number of benzene rings is 1. The molecule has 1 N–H and O–H groups in total. The van der Waals surface area contributed by atoms with Crippen LogP contribution in [0.25, 0.3) is 10.9 Å². The van der Waals surface area contributed by atoms with Gasteiger partial charge in [-0.15, -0.1) is 0 Å². The van der Waals surface area contributed by atoms with E-state index < -0.39 is 5.82 Å². The molecule has 0 atom stereocenters. The van der Waals surface area contributed by atoms with Gasteiger partial charge in [-0.1, -0.05) is 18.2 Å². The molecule has 1 aliphatic rings. The van der Waals surface area contributed by atoms with Crippen LogP contribution in [0.1, 0.15) is 34.8 Å². The molecule has 0 unspecified atom stereocenters. The molecule has 3 aromatic rings. The molecule has 0 radical (unpaired) electrons. The van der Waals surface area contributed by atoms with Gasteiger partial charge in [-0.2, -0.15) is 0 Å². The van der Waals surface area contributed by atoms with Crippen LogP contribution >= 0.6 is 0 Å². The number of halogens is 1. The van der Waals surface area contributed by atoms with Crippen molar-refractivity contribution in [2.75, 3.05) is 13.1 Å². The number of aromatic amines is 1. The summed E-state index contributed by atoms with van der Waals surface area (Å²) in [6, 6.07) is 11.7. The average molecular weight is 351 g/mol. The molecule has 5 nitrogen and oxygen atoms in total. The van der Waals surface area contributed by atoms with Crippen LogP contribution in [0.15, 0.2) is 53.5 Å². The first kappa shape index (κ1) is 16.4. The summed E-state index contributed by atoms with van der Waals surface area (Å²) in [5.41, 5.74) is 1.22. The Morgan fingerprint density at radius 2 is 1.92 bits per heavy atom. The maximum atomic E-state index is 13.8. The Kier molecular flexibility index (Phi) is 4.24. The van der Waals surface area contributed by atoms with E-state index in [1.54, 1.807) is 29.3 Å². The number of fused-ring (bicyclic) bond motifs is 1. The second kappa shape index (κ2) is 6.71. The highest BCUT2D eigenvalue weighted by Gasteiger charge is 2.26. The highest BCUT2D eigenvalue weighted by molar-refractivity contribution is 5.94. The van der Waals surface area contributed by atoms with Gasteiger partial charge >= 0.3 is 0 Å². The zero-order chi connectivity index (χ0) is 18.1. The first-order chi connectivity index (χ1) is 12.6. The molecule has 4 rings (SSSR count). The lowest BCUT2D eigenvalue weighted by Gasteiger charge is -2.32. The van der Waals surface area contributed by atoms with Crippen LogP contribution in [0.4, 0.5) is 4.39 Å². The summed E-state index contributed by atoms with van der Waals surface area (Å²) in [4.78, 5) is 33.4. The maximum Gasteiger partial charge on any atom is 0.274 e. The van der Waals surface area contributed by atoms with E-state index in [0.29, 0.717) is 18.6 Å². The third-order valence-electron chi connectivity index (χ3n) is 4.95. The predicted molar refractivity (Wildman–Crippen MR) is 96.6 cm³/mol. The molecule has 2 aromatic heterocycles. The highest BCUT2D eigenvalue weighted by Crippen LogP contribution is 2.28. The number of rotatable bonds is 2. The normalized spacial score (nSPS) is 15.3. The van der Waals surface area contributed by atoms with Crippen LogP contribution in [-0.4, -0.2) is 33.9 Å². The van der Waals surface area contributed by atoms with E-state index in [4.69, 9.17) is 0 Å². The summed E-state index contributed by atoms with van der Waals surface area (Å²) in [5, 5.41) is 0.816. The van der Waals surface area contributed by atoms with Crippen LogP contribution in [0.3, 0.4) is 0 Å². The van der Waals surface area contributed by atoms with Crippen molar-refractivity contribution in [2.45, 2.75) is 18.8 Å². The van der Waals surface area contributed by atoms with Crippen molar-refractivity contribution in [1.29, 1.82) is 0 Å². The standard InChI is InChI=1S/C20H18FN3O2/c21-16-6-2-1-5-15(16)20(26)24-10-7-13(8-11-24)17-12-14-4-3-9-22-18(14)19(25)23-17/h1-6,9,12-13H,7-8,10-11H2,(H,23,25). The molecule has 0 spiro atoms. The lowest BCUT2D eigenvalue weighted by Crippen LogP contribution is -2.38. The molecule has 6 heteroatoms. The number of hydrogen-bond acceptors (Lipinski definition) is 3. The van der Waals surface area contributed by atoms with E-state index in [9.17, 15) is 14.0 Å². The number of H-pyrrole nitrogens is 1. The first-order valence-corrected chi connectivity index (χ1v) is 8.65. The number of nitrogens with zero attached hydrogens (tertiary/aromatic N) is 2. The molecular formula is C20H18FN3O2. The van der Waals surface area contributed by atoms with E-state index in [-0.39, 0.29) is 22.9 Å². The lowest BCUT2D eigenvalue weighted by molar-refractivity contribution is 0.0707. The number of piperidine rings is 1. The van der Waals surface area contributed by atoms with Crippen LogP contribution in [-0.2, 0) is 0 Å². The fourth-order valence-electron chi connectivity index (χ4n) is 3.54. The topological polar surface area (TPSA) is 66.1 Å². The quantitative estimate of drug-likeness (QED) is 0.772. The van der Waals surface area contributed by atoms with Crippen molar-refractivity contribution in [3.05, 3.63) is 76.1 Å². The van der Waals surface area contributed by atoms with Gasteiger partial charge in [-0.3, -0.25) is 14.6 Å². The molecule has 1 amide bonds. The van der Waals surface area contributed by atoms with E-state index >= 15 is 0 Å². The van der Waals surface area contributed by atoms with Gasteiger partial charge in [-0.05, 0) is 37.1 Å². The minimum absolute atomic E-state index is 0.108. The van der Waals surface area contributed by atoms with Crippen molar-refractivity contribution < 1.29 is 9.18 Å². The second-order valence-corrected chi connectivity index (χ2v) is 6.54. The van der Waals surface area contributed by atoms with E-state index in [1.807, 2.05) is 12.1 Å². The number of amides is 1. The summed E-state index contributed by atoms with van der Waals surface area (Å²) in [7, 11) is 0. The number of carbonyl (C=O) groups excluding carboxylic acids is 1. The smallest absolute Gasteiger partial charge is 0.274 e. The van der Waals surface area contributed by atoms with Gasteiger partial charge in [0.25, 0.3) is 11.5 Å².